The molecule has 6 nitrogen and oxygen atoms in total. The molecule has 2 aliphatic rings. The van der Waals surface area contributed by atoms with Crippen LogP contribution in [-0.2, 0) is 9.47 Å². The molecule has 0 atom stereocenters. The van der Waals surface area contributed by atoms with E-state index in [1.54, 1.807) is 26.4 Å². The molecule has 6 heteroatoms. The third kappa shape index (κ3) is 3.41. The molecule has 0 aromatic heterocycles. The number of carbonyl (C=O) groups is 2. The number of aldehydes is 1. The molecule has 0 radical (unpaired) electrons. The highest BCUT2D eigenvalue weighted by molar-refractivity contribution is 5.98. The zero-order valence-corrected chi connectivity index (χ0v) is 14.7. The average molecular weight is 347 g/mol. The van der Waals surface area contributed by atoms with Gasteiger partial charge in [-0.1, -0.05) is 0 Å². The van der Waals surface area contributed by atoms with Crippen LogP contribution < -0.4 is 4.90 Å². The molecule has 0 bridgehead atoms. The van der Waals surface area contributed by atoms with E-state index in [0.717, 1.165) is 44.5 Å². The van der Waals surface area contributed by atoms with E-state index in [9.17, 15) is 14.7 Å². The van der Waals surface area contributed by atoms with Crippen LogP contribution in [0.25, 0.3) is 0 Å². The van der Waals surface area contributed by atoms with Gasteiger partial charge >= 0.3 is 5.97 Å². The number of rotatable bonds is 6. The normalized spacial score (nSPS) is 19.9. The van der Waals surface area contributed by atoms with Gasteiger partial charge in [0.15, 0.2) is 12.6 Å². The first-order valence-electron chi connectivity index (χ1n) is 8.65. The quantitative estimate of drug-likeness (QED) is 0.630. The first kappa shape index (κ1) is 17.9. The lowest BCUT2D eigenvalue weighted by molar-refractivity contribution is -0.184. The van der Waals surface area contributed by atoms with Gasteiger partial charge in [0.2, 0.25) is 0 Å². The Hall–Kier alpha value is -1.92. The number of aromatic carboxylic acids is 1. The first-order valence-corrected chi connectivity index (χ1v) is 8.65. The minimum absolute atomic E-state index is 0.0690. The number of piperidine rings is 1. The number of methoxy groups -OCH3 is 2. The minimum Gasteiger partial charge on any atom is -0.478 e. The molecule has 136 valence electrons. The van der Waals surface area contributed by atoms with Crippen LogP contribution in [0.1, 0.15) is 46.4 Å². The topological polar surface area (TPSA) is 76.1 Å². The highest BCUT2D eigenvalue weighted by Crippen LogP contribution is 2.54. The van der Waals surface area contributed by atoms with Crippen LogP contribution in [-0.4, -0.2) is 51.0 Å². The molecular formula is C19H25NO5. The lowest BCUT2D eigenvalue weighted by Crippen LogP contribution is -2.50. The molecule has 1 spiro atoms. The predicted molar refractivity (Wildman–Crippen MR) is 93.2 cm³/mol. The van der Waals surface area contributed by atoms with Crippen LogP contribution in [0.2, 0.25) is 0 Å². The Morgan fingerprint density at radius 3 is 2.44 bits per heavy atom. The molecule has 1 heterocycles. The van der Waals surface area contributed by atoms with Crippen molar-refractivity contribution in [1.82, 2.24) is 0 Å². The zero-order chi connectivity index (χ0) is 18.0. The number of carboxylic acids is 1. The monoisotopic (exact) mass is 347 g/mol. The molecule has 2 fully saturated rings. The van der Waals surface area contributed by atoms with Crippen molar-refractivity contribution in [3.05, 3.63) is 29.3 Å². The van der Waals surface area contributed by atoms with E-state index in [0.29, 0.717) is 17.6 Å². The van der Waals surface area contributed by atoms with Crippen molar-refractivity contribution in [3.63, 3.8) is 0 Å². The lowest BCUT2D eigenvalue weighted by atomic mass is 9.57. The molecular weight excluding hydrogens is 322 g/mol. The van der Waals surface area contributed by atoms with Crippen LogP contribution in [0.3, 0.4) is 0 Å². The Bertz CT molecular complexity index is 639. The van der Waals surface area contributed by atoms with E-state index in [1.807, 2.05) is 6.07 Å². The van der Waals surface area contributed by atoms with Gasteiger partial charge in [0.1, 0.15) is 0 Å². The Balaban J connectivity index is 1.63. The van der Waals surface area contributed by atoms with Crippen molar-refractivity contribution in [2.75, 3.05) is 32.2 Å². The third-order valence-electron chi connectivity index (χ3n) is 5.82. The summed E-state index contributed by atoms with van der Waals surface area (Å²) < 4.78 is 10.7. The van der Waals surface area contributed by atoms with Crippen molar-refractivity contribution in [3.8, 4) is 0 Å². The molecule has 1 N–H and O–H groups in total. The molecule has 1 aliphatic heterocycles. The van der Waals surface area contributed by atoms with Gasteiger partial charge < -0.3 is 19.5 Å². The van der Waals surface area contributed by atoms with Gasteiger partial charge in [0.05, 0.1) is 5.56 Å². The number of carbonyl (C=O) groups excluding carboxylic acids is 1. The highest BCUT2D eigenvalue weighted by Gasteiger charge is 2.48. The minimum atomic E-state index is -1.07. The smallest absolute Gasteiger partial charge is 0.336 e. The fourth-order valence-electron chi connectivity index (χ4n) is 4.40. The number of carboxylic acid groups (broad SMARTS) is 1. The largest absolute Gasteiger partial charge is 0.478 e. The van der Waals surface area contributed by atoms with Crippen LogP contribution in [0.15, 0.2) is 18.2 Å². The SMILES string of the molecule is COC(OC)C1CC2(CCN(c3ccc(C=O)c(C(=O)O)c3)CC2)C1. The second kappa shape index (κ2) is 7.14. The highest BCUT2D eigenvalue weighted by atomic mass is 16.7. The molecule has 25 heavy (non-hydrogen) atoms. The summed E-state index contributed by atoms with van der Waals surface area (Å²) in [5.74, 6) is -0.600. The summed E-state index contributed by atoms with van der Waals surface area (Å²) >= 11 is 0. The number of anilines is 1. The summed E-state index contributed by atoms with van der Waals surface area (Å²) in [6, 6.07) is 5.04. The van der Waals surface area contributed by atoms with Crippen LogP contribution >= 0.6 is 0 Å². The maximum atomic E-state index is 11.3. The molecule has 1 saturated carbocycles. The predicted octanol–water partition coefficient (Wildman–Crippen LogP) is 2.81. The molecule has 1 aromatic rings. The number of nitrogens with zero attached hydrogens (tertiary/aromatic N) is 1. The van der Waals surface area contributed by atoms with Gasteiger partial charge in [0, 0.05) is 44.5 Å². The zero-order valence-electron chi connectivity index (χ0n) is 14.7. The van der Waals surface area contributed by atoms with Gasteiger partial charge in [-0.15, -0.1) is 0 Å². The van der Waals surface area contributed by atoms with Crippen molar-refractivity contribution in [2.24, 2.45) is 11.3 Å². The average Bonchev–Trinajstić information content (AvgIpc) is 2.61. The number of hydrogen-bond donors (Lipinski definition) is 1. The molecule has 1 aromatic carbocycles. The molecule has 0 unspecified atom stereocenters. The Morgan fingerprint density at radius 1 is 1.28 bits per heavy atom. The van der Waals surface area contributed by atoms with Crippen LogP contribution in [0.4, 0.5) is 5.69 Å². The maximum Gasteiger partial charge on any atom is 0.336 e. The Morgan fingerprint density at radius 2 is 1.92 bits per heavy atom. The fraction of sp³-hybridized carbons (Fsp3) is 0.579. The van der Waals surface area contributed by atoms with Crippen molar-refractivity contribution in [2.45, 2.75) is 32.0 Å². The summed E-state index contributed by atoms with van der Waals surface area (Å²) in [5.41, 5.74) is 1.53. The van der Waals surface area contributed by atoms with E-state index < -0.39 is 5.97 Å². The first-order chi connectivity index (χ1) is 12.0. The number of benzene rings is 1. The second-order valence-electron chi connectivity index (χ2n) is 7.19. The van der Waals surface area contributed by atoms with Gasteiger partial charge in [-0.3, -0.25) is 4.79 Å². The molecule has 3 rings (SSSR count). The van der Waals surface area contributed by atoms with E-state index in [2.05, 4.69) is 4.90 Å². The lowest BCUT2D eigenvalue weighted by Gasteiger charge is -2.54. The van der Waals surface area contributed by atoms with Gasteiger partial charge in [-0.25, -0.2) is 4.79 Å². The van der Waals surface area contributed by atoms with Crippen molar-refractivity contribution < 1.29 is 24.2 Å². The summed E-state index contributed by atoms with van der Waals surface area (Å²) in [5, 5.41) is 9.28. The number of hydrogen-bond acceptors (Lipinski definition) is 5. The van der Waals surface area contributed by atoms with E-state index in [1.165, 1.54) is 0 Å². The second-order valence-corrected chi connectivity index (χ2v) is 7.19. The standard InChI is InChI=1S/C19H25NO5/c1-24-18(25-2)14-10-19(11-14)5-7-20(8-6-19)15-4-3-13(12-21)16(9-15)17(22)23/h3-4,9,12,14,18H,5-8,10-11H2,1-2H3,(H,22,23). The van der Waals surface area contributed by atoms with Gasteiger partial charge in [0.25, 0.3) is 0 Å². The summed E-state index contributed by atoms with van der Waals surface area (Å²) in [7, 11) is 3.37. The van der Waals surface area contributed by atoms with Crippen LogP contribution in [0.5, 0.6) is 0 Å². The third-order valence-corrected chi connectivity index (χ3v) is 5.82. The maximum absolute atomic E-state index is 11.3. The fourth-order valence-corrected chi connectivity index (χ4v) is 4.40. The van der Waals surface area contributed by atoms with E-state index >= 15 is 0 Å². The van der Waals surface area contributed by atoms with E-state index in [4.69, 9.17) is 9.47 Å². The molecule has 0 amide bonds. The number of ether oxygens (including phenoxy) is 2. The molecule has 1 aliphatic carbocycles. The summed E-state index contributed by atoms with van der Waals surface area (Å²) in [6.07, 6.45) is 4.89. The van der Waals surface area contributed by atoms with Crippen LogP contribution in [0, 0.1) is 11.3 Å². The van der Waals surface area contributed by atoms with E-state index in [-0.39, 0.29) is 17.4 Å². The summed E-state index contributed by atoms with van der Waals surface area (Å²) in [4.78, 5) is 24.5. The Kier molecular flexibility index (Phi) is 5.11. The molecule has 1 saturated heterocycles. The van der Waals surface area contributed by atoms with Gasteiger partial charge in [-0.2, -0.15) is 0 Å². The Labute approximate surface area is 147 Å². The van der Waals surface area contributed by atoms with Crippen molar-refractivity contribution in [1.29, 1.82) is 0 Å². The van der Waals surface area contributed by atoms with Crippen molar-refractivity contribution >= 4 is 17.9 Å². The van der Waals surface area contributed by atoms with Gasteiger partial charge in [-0.05, 0) is 49.3 Å². The summed E-state index contributed by atoms with van der Waals surface area (Å²) in [6.45, 7) is 1.80.